The Morgan fingerprint density at radius 1 is 1.20 bits per heavy atom. The van der Waals surface area contributed by atoms with Crippen LogP contribution in [0.2, 0.25) is 0 Å². The molecule has 5 N–H and O–H groups in total. The summed E-state index contributed by atoms with van der Waals surface area (Å²) < 4.78 is 0. The van der Waals surface area contributed by atoms with Crippen LogP contribution in [0.3, 0.4) is 0 Å². The van der Waals surface area contributed by atoms with E-state index in [-0.39, 0.29) is 12.8 Å². The summed E-state index contributed by atoms with van der Waals surface area (Å²) in [5.41, 5.74) is 7.20. The van der Waals surface area contributed by atoms with Crippen molar-refractivity contribution in [2.24, 2.45) is 11.7 Å². The molecule has 0 saturated carbocycles. The van der Waals surface area contributed by atoms with Crippen molar-refractivity contribution in [2.45, 2.75) is 18.9 Å². The second kappa shape index (κ2) is 5.75. The minimum atomic E-state index is -1.19. The Kier molecular flexibility index (Phi) is 4.05. The molecule has 106 valence electrons. The van der Waals surface area contributed by atoms with Gasteiger partial charge < -0.3 is 20.9 Å². The molecule has 2 rings (SSSR count). The predicted molar refractivity (Wildman–Crippen MR) is 73.4 cm³/mol. The molecule has 0 aliphatic rings. The third kappa shape index (κ3) is 2.97. The first-order valence-electron chi connectivity index (χ1n) is 6.25. The second-order valence-electron chi connectivity index (χ2n) is 4.78. The van der Waals surface area contributed by atoms with Gasteiger partial charge in [-0.15, -0.1) is 0 Å². The number of carboxylic acid groups (broad SMARTS) is 2. The van der Waals surface area contributed by atoms with Crippen molar-refractivity contribution >= 4 is 22.8 Å². The van der Waals surface area contributed by atoms with Gasteiger partial charge in [0.15, 0.2) is 0 Å². The normalized spacial score (nSPS) is 14.1. The number of aliphatic carboxylic acids is 2. The second-order valence-corrected chi connectivity index (χ2v) is 4.78. The van der Waals surface area contributed by atoms with Crippen molar-refractivity contribution in [2.75, 3.05) is 0 Å². The Bertz CT molecular complexity index is 635. The van der Waals surface area contributed by atoms with Crippen LogP contribution in [-0.4, -0.2) is 33.2 Å². The maximum Gasteiger partial charge on any atom is 0.320 e. The molecule has 0 bridgehead atoms. The van der Waals surface area contributed by atoms with Gasteiger partial charge in [0, 0.05) is 17.1 Å². The van der Waals surface area contributed by atoms with E-state index in [1.165, 1.54) is 0 Å². The van der Waals surface area contributed by atoms with Crippen molar-refractivity contribution < 1.29 is 19.8 Å². The molecule has 0 amide bonds. The number of hydrogen-bond donors (Lipinski definition) is 4. The van der Waals surface area contributed by atoms with Crippen LogP contribution in [0.4, 0.5) is 0 Å². The van der Waals surface area contributed by atoms with Gasteiger partial charge in [-0.25, -0.2) is 0 Å². The third-order valence-electron chi connectivity index (χ3n) is 3.35. The number of nitrogens with one attached hydrogen (secondary N) is 1. The summed E-state index contributed by atoms with van der Waals surface area (Å²) in [6, 6.07) is 6.39. The van der Waals surface area contributed by atoms with Crippen LogP contribution in [0.25, 0.3) is 10.9 Å². The van der Waals surface area contributed by atoms with Crippen LogP contribution in [0.15, 0.2) is 30.5 Å². The van der Waals surface area contributed by atoms with Crippen LogP contribution < -0.4 is 5.73 Å². The molecule has 0 radical (unpaired) electrons. The third-order valence-corrected chi connectivity index (χ3v) is 3.35. The lowest BCUT2D eigenvalue weighted by Gasteiger charge is -2.14. The first kappa shape index (κ1) is 14.1. The van der Waals surface area contributed by atoms with E-state index in [0.717, 1.165) is 16.5 Å². The Balaban J connectivity index is 2.20. The topological polar surface area (TPSA) is 116 Å². The van der Waals surface area contributed by atoms with E-state index in [0.29, 0.717) is 0 Å². The molecule has 1 aromatic heterocycles. The van der Waals surface area contributed by atoms with Gasteiger partial charge in [0.2, 0.25) is 0 Å². The van der Waals surface area contributed by atoms with Crippen LogP contribution in [0.1, 0.15) is 12.0 Å². The highest BCUT2D eigenvalue weighted by Gasteiger charge is 2.25. The molecule has 1 aromatic carbocycles. The summed E-state index contributed by atoms with van der Waals surface area (Å²) in [6.07, 6.45) is 1.91. The van der Waals surface area contributed by atoms with Crippen molar-refractivity contribution in [1.82, 2.24) is 4.98 Å². The van der Waals surface area contributed by atoms with Gasteiger partial charge in [-0.1, -0.05) is 18.2 Å². The van der Waals surface area contributed by atoms with E-state index in [9.17, 15) is 14.7 Å². The summed E-state index contributed by atoms with van der Waals surface area (Å²) >= 11 is 0. The number of fused-ring (bicyclic) bond motifs is 1. The number of para-hydroxylation sites is 1. The fourth-order valence-electron chi connectivity index (χ4n) is 2.24. The summed E-state index contributed by atoms with van der Waals surface area (Å²) in [5.74, 6) is -3.04. The summed E-state index contributed by atoms with van der Waals surface area (Å²) in [6.45, 7) is 0. The molecule has 0 aliphatic carbocycles. The van der Waals surface area contributed by atoms with Gasteiger partial charge in [-0.05, 0) is 24.5 Å². The number of carboxylic acids is 2. The number of aromatic amines is 1. The van der Waals surface area contributed by atoms with Crippen LogP contribution in [0, 0.1) is 5.92 Å². The number of rotatable bonds is 6. The molecule has 0 aliphatic heterocycles. The number of carbonyl (C=O) groups is 2. The molecule has 6 nitrogen and oxygen atoms in total. The van der Waals surface area contributed by atoms with E-state index >= 15 is 0 Å². The largest absolute Gasteiger partial charge is 0.481 e. The quantitative estimate of drug-likeness (QED) is 0.633. The van der Waals surface area contributed by atoms with E-state index < -0.39 is 23.9 Å². The number of benzene rings is 1. The number of aromatic nitrogens is 1. The first-order chi connectivity index (χ1) is 9.49. The fraction of sp³-hybridized carbons (Fsp3) is 0.286. The van der Waals surface area contributed by atoms with Gasteiger partial charge in [0.1, 0.15) is 6.04 Å². The standard InChI is InChI=1S/C14H16N2O4/c15-11(14(19)20)6-8(13(17)18)5-9-7-16-12-4-2-1-3-10(9)12/h1-4,7-8,11,16H,5-6,15H2,(H,17,18)(H,19,20). The number of hydrogen-bond acceptors (Lipinski definition) is 3. The lowest BCUT2D eigenvalue weighted by Crippen LogP contribution is -2.35. The minimum Gasteiger partial charge on any atom is -0.481 e. The van der Waals surface area contributed by atoms with E-state index in [1.54, 1.807) is 6.20 Å². The minimum absolute atomic E-state index is 0.0931. The number of H-pyrrole nitrogens is 1. The van der Waals surface area contributed by atoms with Gasteiger partial charge in [0.25, 0.3) is 0 Å². The van der Waals surface area contributed by atoms with Crippen molar-refractivity contribution in [3.05, 3.63) is 36.0 Å². The van der Waals surface area contributed by atoms with Gasteiger partial charge in [0.05, 0.1) is 5.92 Å². The maximum absolute atomic E-state index is 11.3. The number of nitrogens with two attached hydrogens (primary N) is 1. The predicted octanol–water partition coefficient (Wildman–Crippen LogP) is 1.21. The van der Waals surface area contributed by atoms with Crippen molar-refractivity contribution in [1.29, 1.82) is 0 Å². The molecular formula is C14H16N2O4. The van der Waals surface area contributed by atoms with E-state index in [2.05, 4.69) is 4.98 Å². The van der Waals surface area contributed by atoms with Crippen molar-refractivity contribution in [3.63, 3.8) is 0 Å². The Hall–Kier alpha value is -2.34. The molecule has 1 heterocycles. The van der Waals surface area contributed by atoms with Crippen LogP contribution in [0.5, 0.6) is 0 Å². The molecule has 0 saturated heterocycles. The molecule has 0 spiro atoms. The zero-order chi connectivity index (χ0) is 14.7. The zero-order valence-electron chi connectivity index (χ0n) is 10.7. The lowest BCUT2D eigenvalue weighted by molar-refractivity contribution is -0.143. The average Bonchev–Trinajstić information content (AvgIpc) is 2.81. The Labute approximate surface area is 115 Å². The summed E-state index contributed by atoms with van der Waals surface area (Å²) in [4.78, 5) is 25.1. The van der Waals surface area contributed by atoms with Gasteiger partial charge in [-0.2, -0.15) is 0 Å². The molecule has 2 atom stereocenters. The molecule has 0 fully saturated rings. The summed E-state index contributed by atoms with van der Waals surface area (Å²) in [7, 11) is 0. The van der Waals surface area contributed by atoms with Gasteiger partial charge in [-0.3, -0.25) is 9.59 Å². The molecule has 20 heavy (non-hydrogen) atoms. The highest BCUT2D eigenvalue weighted by Crippen LogP contribution is 2.22. The van der Waals surface area contributed by atoms with Crippen molar-refractivity contribution in [3.8, 4) is 0 Å². The monoisotopic (exact) mass is 276 g/mol. The maximum atomic E-state index is 11.3. The van der Waals surface area contributed by atoms with E-state index in [1.807, 2.05) is 24.3 Å². The van der Waals surface area contributed by atoms with E-state index in [4.69, 9.17) is 10.8 Å². The highest BCUT2D eigenvalue weighted by molar-refractivity contribution is 5.84. The highest BCUT2D eigenvalue weighted by atomic mass is 16.4. The summed E-state index contributed by atoms with van der Waals surface area (Å²) in [5, 5.41) is 18.9. The molecule has 2 aromatic rings. The molecule has 2 unspecified atom stereocenters. The van der Waals surface area contributed by atoms with Crippen LogP contribution >= 0.6 is 0 Å². The average molecular weight is 276 g/mol. The fourth-order valence-corrected chi connectivity index (χ4v) is 2.24. The Morgan fingerprint density at radius 2 is 1.90 bits per heavy atom. The molecule has 6 heteroatoms. The SMILES string of the molecule is NC(CC(Cc1c[nH]c2ccccc12)C(=O)O)C(=O)O. The molecular weight excluding hydrogens is 260 g/mol. The Morgan fingerprint density at radius 3 is 2.55 bits per heavy atom. The van der Waals surface area contributed by atoms with Gasteiger partial charge >= 0.3 is 11.9 Å². The van der Waals surface area contributed by atoms with Crippen LogP contribution in [-0.2, 0) is 16.0 Å². The smallest absolute Gasteiger partial charge is 0.320 e. The lowest BCUT2D eigenvalue weighted by atomic mass is 9.93. The first-order valence-corrected chi connectivity index (χ1v) is 6.25. The zero-order valence-corrected chi connectivity index (χ0v) is 10.7.